The van der Waals surface area contributed by atoms with Crippen LogP contribution in [0.3, 0.4) is 0 Å². The van der Waals surface area contributed by atoms with Crippen molar-refractivity contribution in [1.82, 2.24) is 20.9 Å². The second-order valence-corrected chi connectivity index (χ2v) is 9.81. The average molecular weight is 523 g/mol. The van der Waals surface area contributed by atoms with Crippen LogP contribution in [-0.2, 0) is 36.7 Å². The van der Waals surface area contributed by atoms with E-state index in [1.165, 1.54) is 7.11 Å². The molecule has 3 rings (SSSR count). The molecule has 2 aromatic carbocycles. The van der Waals surface area contributed by atoms with E-state index in [1.807, 2.05) is 54.6 Å². The highest BCUT2D eigenvalue weighted by atomic mass is 16.6. The lowest BCUT2D eigenvalue weighted by molar-refractivity contribution is -0.145. The topological polar surface area (TPSA) is 139 Å². The number of aromatic amines is 1. The quantitative estimate of drug-likeness (QED) is 0.302. The monoisotopic (exact) mass is 522 g/mol. The molecule has 0 aliphatic heterocycles. The normalized spacial score (nSPS) is 12.7. The third-order valence-electron chi connectivity index (χ3n) is 5.63. The maximum atomic E-state index is 13.4. The number of hydrogen-bond acceptors (Lipinski definition) is 6. The summed E-state index contributed by atoms with van der Waals surface area (Å²) in [6, 6.07) is 14.8. The molecular weight excluding hydrogens is 488 g/mol. The molecule has 0 fully saturated rings. The van der Waals surface area contributed by atoms with Crippen LogP contribution in [0.5, 0.6) is 0 Å². The number of carbonyl (C=O) groups excluding carboxylic acids is 4. The molecule has 3 aromatic rings. The maximum absolute atomic E-state index is 13.4. The molecule has 10 nitrogen and oxygen atoms in total. The van der Waals surface area contributed by atoms with Gasteiger partial charge in [-0.05, 0) is 38.0 Å². The molecule has 10 heteroatoms. The molecule has 202 valence electrons. The SMILES string of the molecule is COC(=O)[C@H](Cc1c[nH]c2ccccc12)NC(=O)[C@H](Cc1ccccc1)NC(=O)CNC(=O)OC(C)(C)C. The van der Waals surface area contributed by atoms with E-state index in [9.17, 15) is 19.2 Å². The molecule has 3 amide bonds. The number of amides is 3. The Kier molecular flexibility index (Phi) is 9.48. The molecule has 0 saturated carbocycles. The summed E-state index contributed by atoms with van der Waals surface area (Å²) in [4.78, 5) is 53.7. The van der Waals surface area contributed by atoms with Crippen molar-refractivity contribution in [3.8, 4) is 0 Å². The molecule has 0 bridgehead atoms. The van der Waals surface area contributed by atoms with Crippen molar-refractivity contribution >= 4 is 34.8 Å². The summed E-state index contributed by atoms with van der Waals surface area (Å²) in [5, 5.41) is 8.70. The number of carbonyl (C=O) groups is 4. The Morgan fingerprint density at radius 3 is 2.26 bits per heavy atom. The number of H-pyrrole nitrogens is 1. The predicted octanol–water partition coefficient (Wildman–Crippen LogP) is 2.62. The minimum Gasteiger partial charge on any atom is -0.467 e. The van der Waals surface area contributed by atoms with Gasteiger partial charge in [0, 0.05) is 29.9 Å². The van der Waals surface area contributed by atoms with Gasteiger partial charge in [-0.15, -0.1) is 0 Å². The first kappa shape index (κ1) is 28.2. The van der Waals surface area contributed by atoms with Gasteiger partial charge in [-0.1, -0.05) is 48.5 Å². The second-order valence-electron chi connectivity index (χ2n) is 9.81. The Bertz CT molecular complexity index is 1270. The summed E-state index contributed by atoms with van der Waals surface area (Å²) in [6.45, 7) is 4.74. The van der Waals surface area contributed by atoms with Crippen molar-refractivity contribution in [2.45, 2.75) is 51.3 Å². The number of alkyl carbamates (subject to hydrolysis) is 1. The van der Waals surface area contributed by atoms with Crippen LogP contribution in [0.2, 0.25) is 0 Å². The lowest BCUT2D eigenvalue weighted by Gasteiger charge is -2.23. The van der Waals surface area contributed by atoms with Gasteiger partial charge in [-0.3, -0.25) is 9.59 Å². The third kappa shape index (κ3) is 8.36. The van der Waals surface area contributed by atoms with Gasteiger partial charge in [-0.2, -0.15) is 0 Å². The number of fused-ring (bicyclic) bond motifs is 1. The van der Waals surface area contributed by atoms with Crippen molar-refractivity contribution in [3.05, 3.63) is 71.9 Å². The molecule has 0 aliphatic rings. The van der Waals surface area contributed by atoms with Crippen LogP contribution in [0, 0.1) is 0 Å². The summed E-state index contributed by atoms with van der Waals surface area (Å²) in [5.74, 6) is -1.76. The third-order valence-corrected chi connectivity index (χ3v) is 5.63. The minimum absolute atomic E-state index is 0.172. The fourth-order valence-electron chi connectivity index (χ4n) is 3.90. The molecule has 1 aromatic heterocycles. The number of methoxy groups -OCH3 is 1. The predicted molar refractivity (Wildman–Crippen MR) is 142 cm³/mol. The van der Waals surface area contributed by atoms with Gasteiger partial charge < -0.3 is 30.4 Å². The Morgan fingerprint density at radius 1 is 0.895 bits per heavy atom. The van der Waals surface area contributed by atoms with Crippen LogP contribution < -0.4 is 16.0 Å². The van der Waals surface area contributed by atoms with Crippen LogP contribution in [0.15, 0.2) is 60.8 Å². The molecule has 0 radical (unpaired) electrons. The molecule has 0 spiro atoms. The van der Waals surface area contributed by atoms with Crippen LogP contribution in [0.1, 0.15) is 31.9 Å². The standard InChI is InChI=1S/C28H34N4O6/c1-28(2,3)38-27(36)30-17-24(33)31-22(14-18-10-6-5-7-11-18)25(34)32-23(26(35)37-4)15-19-16-29-21-13-9-8-12-20(19)21/h5-13,16,22-23,29H,14-15,17H2,1-4H3,(H,30,36)(H,31,33)(H,32,34)/t22-,23-/m0/s1. The number of aromatic nitrogens is 1. The van der Waals surface area contributed by atoms with E-state index >= 15 is 0 Å². The van der Waals surface area contributed by atoms with Crippen molar-refractivity contribution < 1.29 is 28.7 Å². The number of para-hydroxylation sites is 1. The van der Waals surface area contributed by atoms with E-state index in [0.717, 1.165) is 22.0 Å². The number of rotatable bonds is 10. The summed E-state index contributed by atoms with van der Waals surface area (Å²) in [5.41, 5.74) is 1.83. The van der Waals surface area contributed by atoms with Crippen molar-refractivity contribution in [3.63, 3.8) is 0 Å². The largest absolute Gasteiger partial charge is 0.467 e. The second kappa shape index (κ2) is 12.8. The highest BCUT2D eigenvalue weighted by Crippen LogP contribution is 2.19. The van der Waals surface area contributed by atoms with Gasteiger partial charge in [0.25, 0.3) is 0 Å². The zero-order valence-corrected chi connectivity index (χ0v) is 22.0. The van der Waals surface area contributed by atoms with E-state index in [4.69, 9.17) is 9.47 Å². The summed E-state index contributed by atoms with van der Waals surface area (Å²) in [7, 11) is 1.25. The summed E-state index contributed by atoms with van der Waals surface area (Å²) in [6.07, 6.45) is 1.40. The van der Waals surface area contributed by atoms with E-state index in [-0.39, 0.29) is 19.4 Å². The van der Waals surface area contributed by atoms with E-state index in [0.29, 0.717) is 0 Å². The Hall–Kier alpha value is -4.34. The lowest BCUT2D eigenvalue weighted by atomic mass is 10.0. The van der Waals surface area contributed by atoms with Gasteiger partial charge in [0.15, 0.2) is 0 Å². The Morgan fingerprint density at radius 2 is 1.58 bits per heavy atom. The van der Waals surface area contributed by atoms with Gasteiger partial charge in [0.2, 0.25) is 11.8 Å². The van der Waals surface area contributed by atoms with Crippen molar-refractivity contribution in [1.29, 1.82) is 0 Å². The van der Waals surface area contributed by atoms with Gasteiger partial charge in [0.05, 0.1) is 7.11 Å². The number of nitrogens with one attached hydrogen (secondary N) is 4. The van der Waals surface area contributed by atoms with Crippen molar-refractivity contribution in [2.24, 2.45) is 0 Å². The zero-order valence-electron chi connectivity index (χ0n) is 22.0. The van der Waals surface area contributed by atoms with Crippen LogP contribution in [0.4, 0.5) is 4.79 Å². The van der Waals surface area contributed by atoms with Gasteiger partial charge in [0.1, 0.15) is 24.2 Å². The number of esters is 1. The minimum atomic E-state index is -1.01. The highest BCUT2D eigenvalue weighted by Gasteiger charge is 2.28. The van der Waals surface area contributed by atoms with Crippen LogP contribution >= 0.6 is 0 Å². The average Bonchev–Trinajstić information content (AvgIpc) is 3.28. The van der Waals surface area contributed by atoms with Gasteiger partial charge >= 0.3 is 12.1 Å². The first-order chi connectivity index (χ1) is 18.1. The van der Waals surface area contributed by atoms with E-state index < -0.39 is 41.6 Å². The smallest absolute Gasteiger partial charge is 0.408 e. The highest BCUT2D eigenvalue weighted by molar-refractivity contribution is 5.92. The first-order valence-corrected chi connectivity index (χ1v) is 12.3. The number of benzene rings is 2. The molecule has 38 heavy (non-hydrogen) atoms. The lowest BCUT2D eigenvalue weighted by Crippen LogP contribution is -2.54. The molecule has 0 saturated heterocycles. The summed E-state index contributed by atoms with van der Waals surface area (Å²) < 4.78 is 10.1. The van der Waals surface area contributed by atoms with Crippen LogP contribution in [-0.4, -0.2) is 60.2 Å². The van der Waals surface area contributed by atoms with Crippen molar-refractivity contribution in [2.75, 3.05) is 13.7 Å². The fourth-order valence-corrected chi connectivity index (χ4v) is 3.90. The molecule has 4 N–H and O–H groups in total. The summed E-state index contributed by atoms with van der Waals surface area (Å²) >= 11 is 0. The fraction of sp³-hybridized carbons (Fsp3) is 0.357. The molecular formula is C28H34N4O6. The molecule has 0 aliphatic carbocycles. The Labute approximate surface area is 221 Å². The molecule has 2 atom stereocenters. The number of hydrogen-bond donors (Lipinski definition) is 4. The number of ether oxygens (including phenoxy) is 2. The zero-order chi connectivity index (χ0) is 27.7. The molecule has 1 heterocycles. The van der Waals surface area contributed by atoms with Crippen LogP contribution in [0.25, 0.3) is 10.9 Å². The molecule has 0 unspecified atom stereocenters. The Balaban J connectivity index is 1.73. The maximum Gasteiger partial charge on any atom is 0.408 e. The van der Waals surface area contributed by atoms with E-state index in [1.54, 1.807) is 27.0 Å². The van der Waals surface area contributed by atoms with Gasteiger partial charge in [-0.25, -0.2) is 9.59 Å². The van der Waals surface area contributed by atoms with E-state index in [2.05, 4.69) is 20.9 Å². The first-order valence-electron chi connectivity index (χ1n) is 12.3.